The van der Waals surface area contributed by atoms with Crippen LogP contribution >= 0.6 is 0 Å². The number of hydrogen-bond donors (Lipinski definition) is 2. The van der Waals surface area contributed by atoms with Crippen LogP contribution in [0.1, 0.15) is 21.5 Å². The number of rotatable bonds is 4. The van der Waals surface area contributed by atoms with E-state index < -0.39 is 5.97 Å². The van der Waals surface area contributed by atoms with Gasteiger partial charge in [-0.1, -0.05) is 41.6 Å². The Morgan fingerprint density at radius 3 is 2.80 bits per heavy atom. The van der Waals surface area contributed by atoms with Gasteiger partial charge in [0.25, 0.3) is 0 Å². The van der Waals surface area contributed by atoms with E-state index in [0.29, 0.717) is 11.3 Å². The largest absolute Gasteiger partial charge is 0.872 e. The minimum absolute atomic E-state index is 0.122. The lowest BCUT2D eigenvalue weighted by atomic mass is 10.1. The van der Waals surface area contributed by atoms with E-state index >= 15 is 0 Å². The lowest BCUT2D eigenvalue weighted by Gasteiger charge is -2.10. The Kier molecular flexibility index (Phi) is 4.00. The Bertz CT molecular complexity index is 666. The smallest absolute Gasteiger partial charge is 0.337 e. The third kappa shape index (κ3) is 3.14. The highest BCUT2D eigenvalue weighted by molar-refractivity contribution is 5.94. The third-order valence-corrected chi connectivity index (χ3v) is 2.71. The monoisotopic (exact) mass is 269 g/mol. The third-order valence-electron chi connectivity index (χ3n) is 2.71. The Hall–Kier alpha value is -2.82. The summed E-state index contributed by atoms with van der Waals surface area (Å²) in [6.07, 6.45) is 1.38. The number of hydrogen-bond acceptors (Lipinski definition) is 4. The second kappa shape index (κ2) is 5.88. The van der Waals surface area contributed by atoms with Gasteiger partial charge >= 0.3 is 5.97 Å². The SMILES string of the molecule is Cc1ccc([O-])c(/C=N/Nc2ccccc2C(=O)O)c1. The fourth-order valence-electron chi connectivity index (χ4n) is 1.71. The van der Waals surface area contributed by atoms with Crippen LogP contribution in [0.2, 0.25) is 0 Å². The molecule has 2 N–H and O–H groups in total. The molecule has 102 valence electrons. The predicted molar refractivity (Wildman–Crippen MR) is 75.2 cm³/mol. The van der Waals surface area contributed by atoms with E-state index in [2.05, 4.69) is 10.5 Å². The van der Waals surface area contributed by atoms with E-state index in [0.717, 1.165) is 5.56 Å². The van der Waals surface area contributed by atoms with Crippen molar-refractivity contribution in [1.29, 1.82) is 0 Å². The van der Waals surface area contributed by atoms with Crippen LogP contribution < -0.4 is 10.5 Å². The lowest BCUT2D eigenvalue weighted by molar-refractivity contribution is -0.268. The van der Waals surface area contributed by atoms with E-state index in [1.165, 1.54) is 18.3 Å². The molecule has 0 fully saturated rings. The van der Waals surface area contributed by atoms with E-state index in [9.17, 15) is 9.90 Å². The van der Waals surface area contributed by atoms with Crippen LogP contribution in [0.15, 0.2) is 47.6 Å². The summed E-state index contributed by atoms with van der Waals surface area (Å²) in [5.74, 6) is -1.17. The zero-order chi connectivity index (χ0) is 14.5. The van der Waals surface area contributed by atoms with Crippen LogP contribution in [0.4, 0.5) is 5.69 Å². The van der Waals surface area contributed by atoms with Crippen LogP contribution in [0.3, 0.4) is 0 Å². The highest BCUT2D eigenvalue weighted by Gasteiger charge is 2.07. The first-order valence-electron chi connectivity index (χ1n) is 5.97. The molecule has 5 nitrogen and oxygen atoms in total. The molecule has 2 rings (SSSR count). The standard InChI is InChI=1S/C15H14N2O3/c1-10-6-7-14(18)11(8-10)9-16-17-13-5-3-2-4-12(13)15(19)20/h2-9,17-18H,1H3,(H,19,20)/p-1/b16-9+. The first kappa shape index (κ1) is 13.6. The number of para-hydroxylation sites is 1. The first-order valence-corrected chi connectivity index (χ1v) is 5.97. The topological polar surface area (TPSA) is 84.8 Å². The highest BCUT2D eigenvalue weighted by atomic mass is 16.4. The number of aromatic carboxylic acids is 1. The lowest BCUT2D eigenvalue weighted by Crippen LogP contribution is -2.02. The predicted octanol–water partition coefficient (Wildman–Crippen LogP) is 2.21. The van der Waals surface area contributed by atoms with Crippen LogP contribution in [-0.2, 0) is 0 Å². The van der Waals surface area contributed by atoms with Crippen LogP contribution in [0, 0.1) is 6.92 Å². The molecule has 2 aromatic rings. The van der Waals surface area contributed by atoms with Crippen molar-refractivity contribution >= 4 is 17.9 Å². The maximum atomic E-state index is 11.6. The van der Waals surface area contributed by atoms with Crippen molar-refractivity contribution in [3.05, 3.63) is 59.2 Å². The zero-order valence-electron chi connectivity index (χ0n) is 10.8. The minimum atomic E-state index is -1.04. The fourth-order valence-corrected chi connectivity index (χ4v) is 1.71. The van der Waals surface area contributed by atoms with Crippen molar-refractivity contribution in [3.8, 4) is 5.75 Å². The molecule has 0 bridgehead atoms. The molecule has 20 heavy (non-hydrogen) atoms. The zero-order valence-corrected chi connectivity index (χ0v) is 10.8. The van der Waals surface area contributed by atoms with Gasteiger partial charge in [-0.2, -0.15) is 5.10 Å². The molecule has 0 spiro atoms. The van der Waals surface area contributed by atoms with Crippen molar-refractivity contribution in [3.63, 3.8) is 0 Å². The molecule has 0 saturated heterocycles. The summed E-state index contributed by atoms with van der Waals surface area (Å²) in [4.78, 5) is 11.0. The molecule has 0 aliphatic rings. The number of anilines is 1. The highest BCUT2D eigenvalue weighted by Crippen LogP contribution is 2.16. The number of benzene rings is 2. The summed E-state index contributed by atoms with van der Waals surface area (Å²) in [6.45, 7) is 1.88. The number of carboxylic acid groups (broad SMARTS) is 1. The Labute approximate surface area is 116 Å². The van der Waals surface area contributed by atoms with Gasteiger partial charge in [-0.3, -0.25) is 5.43 Å². The molecule has 0 unspecified atom stereocenters. The quantitative estimate of drug-likeness (QED) is 0.658. The van der Waals surface area contributed by atoms with Gasteiger partial charge in [-0.15, -0.1) is 0 Å². The summed E-state index contributed by atoms with van der Waals surface area (Å²) in [7, 11) is 0. The molecular weight excluding hydrogens is 256 g/mol. The van der Waals surface area contributed by atoms with Gasteiger partial charge in [0.15, 0.2) is 0 Å². The van der Waals surface area contributed by atoms with Crippen molar-refractivity contribution in [2.75, 3.05) is 5.43 Å². The number of nitrogens with zero attached hydrogens (tertiary/aromatic N) is 1. The minimum Gasteiger partial charge on any atom is -0.872 e. The van der Waals surface area contributed by atoms with Gasteiger partial charge in [0, 0.05) is 0 Å². The van der Waals surface area contributed by atoms with Crippen LogP contribution in [0.25, 0.3) is 0 Å². The number of carboxylic acids is 1. The molecule has 0 saturated carbocycles. The molecule has 0 heterocycles. The molecule has 0 aromatic heterocycles. The number of nitrogens with one attached hydrogen (secondary N) is 1. The van der Waals surface area contributed by atoms with Crippen LogP contribution in [0.5, 0.6) is 5.75 Å². The van der Waals surface area contributed by atoms with Gasteiger partial charge in [-0.25, -0.2) is 4.79 Å². The molecule has 5 heteroatoms. The van der Waals surface area contributed by atoms with E-state index in [-0.39, 0.29) is 11.3 Å². The second-order valence-electron chi connectivity index (χ2n) is 4.26. The first-order chi connectivity index (χ1) is 9.58. The van der Waals surface area contributed by atoms with E-state index in [4.69, 9.17) is 5.11 Å². The molecule has 0 radical (unpaired) electrons. The van der Waals surface area contributed by atoms with Gasteiger partial charge in [0.05, 0.1) is 17.5 Å². The number of aryl methyl sites for hydroxylation is 1. The van der Waals surface area contributed by atoms with Gasteiger partial charge in [-0.05, 0) is 24.6 Å². The van der Waals surface area contributed by atoms with Crippen LogP contribution in [-0.4, -0.2) is 17.3 Å². The summed E-state index contributed by atoms with van der Waals surface area (Å²) in [5.41, 5.74) is 4.54. The Balaban J connectivity index is 2.18. The molecular formula is C15H13N2O3-. The van der Waals surface area contributed by atoms with E-state index in [1.54, 1.807) is 30.3 Å². The number of carbonyl (C=O) groups is 1. The summed E-state index contributed by atoms with van der Waals surface area (Å²) >= 11 is 0. The van der Waals surface area contributed by atoms with Crippen molar-refractivity contribution in [2.45, 2.75) is 6.92 Å². The maximum Gasteiger partial charge on any atom is 0.337 e. The van der Waals surface area contributed by atoms with Gasteiger partial charge < -0.3 is 10.2 Å². The summed E-state index contributed by atoms with van der Waals surface area (Å²) in [5, 5.41) is 24.5. The van der Waals surface area contributed by atoms with Crippen molar-refractivity contribution in [2.24, 2.45) is 5.10 Å². The molecule has 0 amide bonds. The van der Waals surface area contributed by atoms with Gasteiger partial charge in [0.2, 0.25) is 0 Å². The maximum absolute atomic E-state index is 11.6. The summed E-state index contributed by atoms with van der Waals surface area (Å²) < 4.78 is 0. The average molecular weight is 269 g/mol. The molecule has 0 atom stereocenters. The van der Waals surface area contributed by atoms with Gasteiger partial charge in [0.1, 0.15) is 0 Å². The van der Waals surface area contributed by atoms with Crippen molar-refractivity contribution in [1.82, 2.24) is 0 Å². The Morgan fingerprint density at radius 1 is 1.30 bits per heavy atom. The average Bonchev–Trinajstić information content (AvgIpc) is 2.43. The Morgan fingerprint density at radius 2 is 2.05 bits per heavy atom. The fraction of sp³-hybridized carbons (Fsp3) is 0.0667. The van der Waals surface area contributed by atoms with E-state index in [1.807, 2.05) is 6.92 Å². The molecule has 0 aliphatic heterocycles. The second-order valence-corrected chi connectivity index (χ2v) is 4.26. The van der Waals surface area contributed by atoms with Crippen molar-refractivity contribution < 1.29 is 15.0 Å². The molecule has 0 aliphatic carbocycles. The molecule has 2 aromatic carbocycles. The normalized spacial score (nSPS) is 10.7. The number of hydrazone groups is 1. The summed E-state index contributed by atoms with van der Waals surface area (Å²) in [6, 6.07) is 11.3.